The first-order valence-electron chi connectivity index (χ1n) is 7.08. The van der Waals surface area contributed by atoms with Gasteiger partial charge in [-0.3, -0.25) is 4.79 Å². The van der Waals surface area contributed by atoms with Gasteiger partial charge in [-0.25, -0.2) is 0 Å². The molecule has 0 spiro atoms. The zero-order valence-electron chi connectivity index (χ0n) is 10.9. The van der Waals surface area contributed by atoms with Gasteiger partial charge in [0.2, 0.25) is 6.79 Å². The quantitative estimate of drug-likeness (QED) is 0.826. The second-order valence-electron chi connectivity index (χ2n) is 5.78. The Morgan fingerprint density at radius 2 is 1.95 bits per heavy atom. The van der Waals surface area contributed by atoms with Crippen LogP contribution in [0.5, 0.6) is 11.5 Å². The summed E-state index contributed by atoms with van der Waals surface area (Å²) in [6.45, 7) is 2.62. The van der Waals surface area contributed by atoms with Crippen molar-refractivity contribution in [3.05, 3.63) is 23.8 Å². The lowest BCUT2D eigenvalue weighted by Gasteiger charge is -2.41. The van der Waals surface area contributed by atoms with Crippen LogP contribution < -0.4 is 14.4 Å². The highest BCUT2D eigenvalue weighted by molar-refractivity contribution is 5.86. The number of quaternary nitrogens is 1. The standard InChI is InChI=1S/C15H17NO3/c17-15-11-3-5-16(6-4-11)12(15)7-10-1-2-13-14(8-10)19-9-18-13/h1-2,8,11-12H,3-7,9H2/p+1/t12-/m0/s1. The van der Waals surface area contributed by atoms with Crippen LogP contribution in [-0.4, -0.2) is 31.7 Å². The summed E-state index contributed by atoms with van der Waals surface area (Å²) >= 11 is 0. The average molecular weight is 260 g/mol. The summed E-state index contributed by atoms with van der Waals surface area (Å²) in [6, 6.07) is 6.20. The number of ether oxygens (including phenoxy) is 2. The molecule has 4 heteroatoms. The number of nitrogens with one attached hydrogen (secondary N) is 1. The fourth-order valence-corrected chi connectivity index (χ4v) is 3.66. The minimum atomic E-state index is 0.160. The van der Waals surface area contributed by atoms with Crippen LogP contribution in [0.25, 0.3) is 0 Å². The molecule has 4 heterocycles. The molecular formula is C15H18NO3+. The predicted octanol–water partition coefficient (Wildman–Crippen LogP) is 0.204. The lowest BCUT2D eigenvalue weighted by molar-refractivity contribution is -0.927. The number of benzene rings is 1. The summed E-state index contributed by atoms with van der Waals surface area (Å²) in [5, 5.41) is 0. The van der Waals surface area contributed by atoms with Gasteiger partial charge in [0.15, 0.2) is 23.3 Å². The molecule has 3 fully saturated rings. The number of hydrogen-bond donors (Lipinski definition) is 1. The minimum Gasteiger partial charge on any atom is -0.454 e. The summed E-state index contributed by atoms with van der Waals surface area (Å²) in [5.74, 6) is 2.44. The van der Waals surface area contributed by atoms with E-state index in [1.54, 1.807) is 0 Å². The molecule has 4 aliphatic heterocycles. The van der Waals surface area contributed by atoms with Crippen LogP contribution >= 0.6 is 0 Å². The number of Topliss-reactive ketones (excluding diaryl/α,β-unsaturated/α-hetero) is 1. The van der Waals surface area contributed by atoms with E-state index in [4.69, 9.17) is 9.47 Å². The second kappa shape index (κ2) is 4.23. The van der Waals surface area contributed by atoms with Crippen molar-refractivity contribution in [1.29, 1.82) is 0 Å². The molecule has 3 saturated heterocycles. The van der Waals surface area contributed by atoms with Crippen molar-refractivity contribution in [3.8, 4) is 11.5 Å². The third-order valence-electron chi connectivity index (χ3n) is 4.74. The van der Waals surface area contributed by atoms with Crippen LogP contribution in [0.3, 0.4) is 0 Å². The molecule has 4 aliphatic rings. The number of piperidine rings is 3. The Labute approximate surface area is 112 Å². The molecule has 1 aromatic carbocycles. The normalized spacial score (nSPS) is 31.8. The van der Waals surface area contributed by atoms with Crippen molar-refractivity contribution in [2.24, 2.45) is 5.92 Å². The van der Waals surface area contributed by atoms with Crippen molar-refractivity contribution in [3.63, 3.8) is 0 Å². The number of carbonyl (C=O) groups is 1. The molecule has 4 nitrogen and oxygen atoms in total. The highest BCUT2D eigenvalue weighted by Crippen LogP contribution is 2.33. The van der Waals surface area contributed by atoms with E-state index in [2.05, 4.69) is 6.07 Å². The number of fused-ring (bicyclic) bond motifs is 4. The zero-order valence-corrected chi connectivity index (χ0v) is 10.9. The monoisotopic (exact) mass is 260 g/mol. The molecule has 0 unspecified atom stereocenters. The van der Waals surface area contributed by atoms with Crippen molar-refractivity contribution in [2.45, 2.75) is 25.3 Å². The molecule has 1 aromatic rings. The van der Waals surface area contributed by atoms with E-state index in [0.717, 1.165) is 43.9 Å². The highest BCUT2D eigenvalue weighted by atomic mass is 16.7. The summed E-state index contributed by atoms with van der Waals surface area (Å²) < 4.78 is 10.7. The van der Waals surface area contributed by atoms with Gasteiger partial charge < -0.3 is 14.4 Å². The molecule has 0 amide bonds. The highest BCUT2D eigenvalue weighted by Gasteiger charge is 2.44. The van der Waals surface area contributed by atoms with Crippen LogP contribution in [0.15, 0.2) is 18.2 Å². The SMILES string of the molecule is O=C1C2CC[NH+](CC2)[C@H]1Cc1ccc2c(c1)OCO2. The molecule has 1 N–H and O–H groups in total. The van der Waals surface area contributed by atoms with Crippen molar-refractivity contribution in [2.75, 3.05) is 19.9 Å². The van der Waals surface area contributed by atoms with Crippen LogP contribution in [0, 0.1) is 5.92 Å². The summed E-state index contributed by atoms with van der Waals surface area (Å²) in [6.07, 6.45) is 3.01. The third-order valence-corrected chi connectivity index (χ3v) is 4.74. The molecule has 100 valence electrons. The molecule has 19 heavy (non-hydrogen) atoms. The molecule has 0 aliphatic carbocycles. The fraction of sp³-hybridized carbons (Fsp3) is 0.533. The van der Waals surface area contributed by atoms with Gasteiger partial charge in [-0.1, -0.05) is 6.07 Å². The second-order valence-corrected chi connectivity index (χ2v) is 5.78. The van der Waals surface area contributed by atoms with E-state index in [0.29, 0.717) is 18.5 Å². The minimum absolute atomic E-state index is 0.160. The van der Waals surface area contributed by atoms with Gasteiger partial charge in [-0.15, -0.1) is 0 Å². The van der Waals surface area contributed by atoms with Gasteiger partial charge in [0, 0.05) is 25.2 Å². The molecule has 0 radical (unpaired) electrons. The topological polar surface area (TPSA) is 40.0 Å². The van der Waals surface area contributed by atoms with Gasteiger partial charge in [0.25, 0.3) is 0 Å². The summed E-state index contributed by atoms with van der Waals surface area (Å²) in [7, 11) is 0. The largest absolute Gasteiger partial charge is 0.454 e. The Morgan fingerprint density at radius 1 is 1.16 bits per heavy atom. The Morgan fingerprint density at radius 3 is 2.74 bits per heavy atom. The van der Waals surface area contributed by atoms with Crippen LogP contribution in [0.2, 0.25) is 0 Å². The van der Waals surface area contributed by atoms with E-state index in [-0.39, 0.29) is 6.04 Å². The number of rotatable bonds is 2. The molecule has 2 bridgehead atoms. The van der Waals surface area contributed by atoms with Crippen LogP contribution in [0.1, 0.15) is 18.4 Å². The van der Waals surface area contributed by atoms with Gasteiger partial charge in [0.1, 0.15) is 0 Å². The number of carbonyl (C=O) groups excluding carboxylic acids is 1. The van der Waals surface area contributed by atoms with Crippen molar-refractivity contribution < 1.29 is 19.2 Å². The lowest BCUT2D eigenvalue weighted by Crippen LogP contribution is -3.20. The summed E-state index contributed by atoms with van der Waals surface area (Å²) in [4.78, 5) is 13.8. The summed E-state index contributed by atoms with van der Waals surface area (Å²) in [5.41, 5.74) is 1.18. The van der Waals surface area contributed by atoms with E-state index in [1.165, 1.54) is 10.5 Å². The van der Waals surface area contributed by atoms with E-state index >= 15 is 0 Å². The first-order chi connectivity index (χ1) is 9.31. The van der Waals surface area contributed by atoms with Gasteiger partial charge in [0.05, 0.1) is 13.1 Å². The fourth-order valence-electron chi connectivity index (χ4n) is 3.66. The number of ketones is 1. The Bertz CT molecular complexity index is 520. The van der Waals surface area contributed by atoms with E-state index in [1.807, 2.05) is 12.1 Å². The van der Waals surface area contributed by atoms with Crippen LogP contribution in [0.4, 0.5) is 0 Å². The maximum absolute atomic E-state index is 12.3. The molecule has 5 rings (SSSR count). The molecule has 0 saturated carbocycles. The predicted molar refractivity (Wildman–Crippen MR) is 68.5 cm³/mol. The third kappa shape index (κ3) is 1.82. The van der Waals surface area contributed by atoms with Crippen LogP contribution in [-0.2, 0) is 11.2 Å². The lowest BCUT2D eigenvalue weighted by atomic mass is 9.80. The molecule has 0 aromatic heterocycles. The first kappa shape index (κ1) is 11.3. The zero-order chi connectivity index (χ0) is 12.8. The Balaban J connectivity index is 1.56. The molecular weight excluding hydrogens is 242 g/mol. The Kier molecular flexibility index (Phi) is 2.52. The van der Waals surface area contributed by atoms with Crippen molar-refractivity contribution in [1.82, 2.24) is 0 Å². The smallest absolute Gasteiger partial charge is 0.231 e. The number of hydrogen-bond acceptors (Lipinski definition) is 3. The van der Waals surface area contributed by atoms with Gasteiger partial charge in [-0.05, 0) is 17.7 Å². The van der Waals surface area contributed by atoms with E-state index in [9.17, 15) is 4.79 Å². The Hall–Kier alpha value is -1.55. The van der Waals surface area contributed by atoms with E-state index < -0.39 is 0 Å². The van der Waals surface area contributed by atoms with Crippen molar-refractivity contribution >= 4 is 5.78 Å². The first-order valence-corrected chi connectivity index (χ1v) is 7.08. The maximum atomic E-state index is 12.3. The van der Waals surface area contributed by atoms with Gasteiger partial charge in [-0.2, -0.15) is 0 Å². The van der Waals surface area contributed by atoms with Gasteiger partial charge >= 0.3 is 0 Å². The average Bonchev–Trinajstić information content (AvgIpc) is 2.91. The maximum Gasteiger partial charge on any atom is 0.231 e. The molecule has 1 atom stereocenters.